The van der Waals surface area contributed by atoms with Crippen molar-refractivity contribution in [2.24, 2.45) is 0 Å². The van der Waals surface area contributed by atoms with Crippen molar-refractivity contribution in [3.8, 4) is 51.6 Å². The first kappa shape index (κ1) is 48.9. The van der Waals surface area contributed by atoms with Gasteiger partial charge in [0.25, 0.3) is 0 Å². The Morgan fingerprint density at radius 3 is 1.85 bits per heavy atom. The molecule has 3 aromatic carbocycles. The van der Waals surface area contributed by atoms with Crippen molar-refractivity contribution in [1.29, 1.82) is 0 Å². The fraction of sp³-hybridized carbons (Fsp3) is 0.333. The molecule has 0 spiro atoms. The van der Waals surface area contributed by atoms with Crippen LogP contribution in [0.5, 0.6) is 40.2 Å². The van der Waals surface area contributed by atoms with Gasteiger partial charge >= 0.3 is 41.2 Å². The van der Waals surface area contributed by atoms with E-state index in [9.17, 15) is 75.0 Å². The van der Waals surface area contributed by atoms with Crippen LogP contribution < -0.4 is 9.47 Å². The van der Waals surface area contributed by atoms with Crippen LogP contribution in [-0.2, 0) is 47.7 Å². The molecule has 67 heavy (non-hydrogen) atoms. The minimum absolute atomic E-state index is 0.0145. The number of esters is 3. The zero-order valence-corrected chi connectivity index (χ0v) is 34.1. The maximum atomic E-state index is 12.5. The number of hydrogen-bond donors (Lipinski definition) is 12. The third-order valence-electron chi connectivity index (χ3n) is 9.89. The number of carbonyl (C=O) groups excluding carboxylic acids is 3. The molecule has 0 bridgehead atoms. The van der Waals surface area contributed by atoms with Gasteiger partial charge in [-0.15, -0.1) is 0 Å². The van der Waals surface area contributed by atoms with Crippen molar-refractivity contribution < 1.29 is 123 Å². The molecule has 0 saturated carbocycles. The maximum absolute atomic E-state index is 12.5. The number of aromatic hydroxyl groups is 5. The van der Waals surface area contributed by atoms with Gasteiger partial charge < -0.3 is 94.4 Å². The average molecular weight is 946 g/mol. The highest BCUT2D eigenvalue weighted by molar-refractivity contribution is 5.91. The van der Waals surface area contributed by atoms with Gasteiger partial charge in [0.15, 0.2) is 23.4 Å². The fourth-order valence-corrected chi connectivity index (χ4v) is 6.61. The van der Waals surface area contributed by atoms with Crippen molar-refractivity contribution in [3.05, 3.63) is 66.2 Å². The van der Waals surface area contributed by atoms with E-state index >= 15 is 0 Å². The first-order valence-electron chi connectivity index (χ1n) is 19.5. The van der Waals surface area contributed by atoms with E-state index in [2.05, 4.69) is 0 Å². The zero-order chi connectivity index (χ0) is 48.9. The summed E-state index contributed by atoms with van der Waals surface area (Å²) in [5, 5.41) is 124. The second kappa shape index (κ2) is 20.8. The molecule has 2 fully saturated rings. The van der Waals surface area contributed by atoms with Crippen molar-refractivity contribution in [3.63, 3.8) is 0 Å². The highest BCUT2D eigenvalue weighted by atomic mass is 16.7. The fourth-order valence-electron chi connectivity index (χ4n) is 6.61. The van der Waals surface area contributed by atoms with Gasteiger partial charge in [0.2, 0.25) is 18.3 Å². The molecule has 3 heterocycles. The lowest BCUT2D eigenvalue weighted by Crippen LogP contribution is -2.61. The van der Waals surface area contributed by atoms with E-state index in [0.717, 1.165) is 36.4 Å². The average Bonchev–Trinajstić information content (AvgIpc) is 3.26. The molecule has 0 amide bonds. The Labute approximate surface area is 374 Å². The first-order chi connectivity index (χ1) is 31.7. The SMILES string of the molecule is O=C(O)CC(=O)OC[C@H]1O[C@@H](Oc2cc(O)cc3[o+]c(-c4cc(O)c(O)c(O)c4)c(O[C@@H]4O[C@H](COC(=O)C=Cc5ccc(O)cc5)[C@@H](O)[C@H](O)[C@H]4O)cc23)[C@H](O)[C@@H](O)[C@@H]1OC(=O)CC(=O)O. The topological polar surface area (TPSA) is 404 Å². The number of aliphatic carboxylic acids is 2. The van der Waals surface area contributed by atoms with Crippen molar-refractivity contribution >= 4 is 46.9 Å². The van der Waals surface area contributed by atoms with Crippen LogP contribution >= 0.6 is 0 Å². The summed E-state index contributed by atoms with van der Waals surface area (Å²) < 4.78 is 44.4. The predicted molar refractivity (Wildman–Crippen MR) is 215 cm³/mol. The number of hydrogen-bond acceptors (Lipinski definition) is 22. The van der Waals surface area contributed by atoms with Crippen LogP contribution in [0.25, 0.3) is 28.4 Å². The summed E-state index contributed by atoms with van der Waals surface area (Å²) in [6.07, 6.45) is -19.6. The number of benzene rings is 3. The van der Waals surface area contributed by atoms with Gasteiger partial charge in [-0.1, -0.05) is 12.1 Å². The molecule has 1 aromatic heterocycles. The Bertz CT molecular complexity index is 2500. The molecule has 358 valence electrons. The van der Waals surface area contributed by atoms with Crippen LogP contribution in [0.4, 0.5) is 0 Å². The van der Waals surface area contributed by atoms with Gasteiger partial charge in [-0.2, -0.15) is 0 Å². The highest BCUT2D eigenvalue weighted by Gasteiger charge is 2.50. The summed E-state index contributed by atoms with van der Waals surface area (Å²) in [6.45, 7) is -1.67. The zero-order valence-electron chi connectivity index (χ0n) is 34.1. The summed E-state index contributed by atoms with van der Waals surface area (Å²) in [4.78, 5) is 59.1. The third-order valence-corrected chi connectivity index (χ3v) is 9.89. The van der Waals surface area contributed by atoms with Crippen molar-refractivity contribution in [2.75, 3.05) is 13.2 Å². The molecule has 0 unspecified atom stereocenters. The standard InChI is InChI=1S/C42H40O25/c43-18-4-1-16(2-5-18)3-6-30(51)60-14-26-34(55)35(56)37(58)41(65-26)64-25-11-20-23(62-39(25)17-7-21(45)33(54)22(46)8-17)9-19(44)10-24(20)63-42-38(59)36(57)40(67-32(53)13-29(49)50)27(66-42)15-61-31(52)12-28(47)48/h1-11,26-27,34-38,40-42,55-59H,12-15H2,(H6-,43,44,45,46,47,48,49,50,51,54)/p+1/t26-,27-,34-,35+,36-,37-,38-,40-,41-,42-/m1/s1. The van der Waals surface area contributed by atoms with E-state index in [4.69, 9.17) is 47.8 Å². The Hall–Kier alpha value is -7.52. The van der Waals surface area contributed by atoms with E-state index in [1.165, 1.54) is 30.3 Å². The first-order valence-corrected chi connectivity index (χ1v) is 19.5. The predicted octanol–water partition coefficient (Wildman–Crippen LogP) is -0.418. The lowest BCUT2D eigenvalue weighted by atomic mass is 9.98. The van der Waals surface area contributed by atoms with E-state index < -0.39 is 158 Å². The van der Waals surface area contributed by atoms with Crippen molar-refractivity contribution in [1.82, 2.24) is 0 Å². The molecule has 2 aliphatic rings. The summed E-state index contributed by atoms with van der Waals surface area (Å²) in [5.74, 6) is -11.6. The Morgan fingerprint density at radius 2 is 1.21 bits per heavy atom. The summed E-state index contributed by atoms with van der Waals surface area (Å²) in [6, 6.07) is 10.6. The van der Waals surface area contributed by atoms with E-state index in [1.807, 2.05) is 0 Å². The van der Waals surface area contributed by atoms with E-state index in [0.29, 0.717) is 5.56 Å². The molecule has 12 N–H and O–H groups in total. The smallest absolute Gasteiger partial charge is 0.402 e. The van der Waals surface area contributed by atoms with E-state index in [-0.39, 0.29) is 22.3 Å². The molecule has 6 rings (SSSR count). The molecule has 0 aliphatic carbocycles. The molecule has 2 aliphatic heterocycles. The third kappa shape index (κ3) is 11.8. The number of fused-ring (bicyclic) bond motifs is 1. The van der Waals surface area contributed by atoms with Crippen LogP contribution in [0, 0.1) is 0 Å². The van der Waals surface area contributed by atoms with Crippen LogP contribution in [0.1, 0.15) is 18.4 Å². The number of carbonyl (C=O) groups is 5. The number of rotatable bonds is 16. The molecule has 2 saturated heterocycles. The van der Waals surface area contributed by atoms with Gasteiger partial charge in [-0.25, -0.2) is 9.21 Å². The van der Waals surface area contributed by atoms with Crippen LogP contribution in [0.2, 0.25) is 0 Å². The second-order valence-electron chi connectivity index (χ2n) is 14.8. The molecule has 25 heteroatoms. The molecular weight excluding hydrogens is 904 g/mol. The molecule has 25 nitrogen and oxygen atoms in total. The van der Waals surface area contributed by atoms with Crippen molar-refractivity contribution in [2.45, 2.75) is 74.3 Å². The van der Waals surface area contributed by atoms with Gasteiger partial charge in [-0.05, 0) is 23.8 Å². The second-order valence-corrected chi connectivity index (χ2v) is 14.8. The summed E-state index contributed by atoms with van der Waals surface area (Å²) >= 11 is 0. The maximum Gasteiger partial charge on any atom is 0.402 e. The number of ether oxygens (including phenoxy) is 7. The normalized spacial score (nSPS) is 25.0. The summed E-state index contributed by atoms with van der Waals surface area (Å²) in [5.41, 5.74) is -0.0513. The number of phenols is 5. The molecule has 4 aromatic rings. The number of aliphatic hydroxyl groups excluding tert-OH is 5. The lowest BCUT2D eigenvalue weighted by molar-refractivity contribution is -0.282. The van der Waals surface area contributed by atoms with Crippen LogP contribution in [-0.4, -0.2) is 166 Å². The Kier molecular flexibility index (Phi) is 15.2. The molecule has 10 atom stereocenters. The Balaban J connectivity index is 1.33. The monoisotopic (exact) mass is 945 g/mol. The quantitative estimate of drug-likeness (QED) is 0.0169. The van der Waals surface area contributed by atoms with Gasteiger partial charge in [-0.3, -0.25) is 19.2 Å². The van der Waals surface area contributed by atoms with Crippen LogP contribution in [0.15, 0.2) is 65.1 Å². The van der Waals surface area contributed by atoms with Gasteiger partial charge in [0.1, 0.15) is 91.4 Å². The number of phenolic OH excluding ortho intramolecular Hbond substituents is 5. The van der Waals surface area contributed by atoms with Crippen LogP contribution in [0.3, 0.4) is 0 Å². The highest BCUT2D eigenvalue weighted by Crippen LogP contribution is 2.45. The lowest BCUT2D eigenvalue weighted by Gasteiger charge is -2.41. The summed E-state index contributed by atoms with van der Waals surface area (Å²) in [7, 11) is 0. The van der Waals surface area contributed by atoms with Gasteiger partial charge in [0, 0.05) is 30.3 Å². The van der Waals surface area contributed by atoms with E-state index in [1.54, 1.807) is 0 Å². The molecular formula is C42H41O25+. The minimum Gasteiger partial charge on any atom is -0.508 e. The number of aliphatic hydroxyl groups is 5. The minimum atomic E-state index is -2.19. The molecule has 0 radical (unpaired) electrons. The Morgan fingerprint density at radius 1 is 0.627 bits per heavy atom. The number of carboxylic acids is 2. The number of carboxylic acid groups (broad SMARTS) is 2. The van der Waals surface area contributed by atoms with Gasteiger partial charge in [0.05, 0.1) is 11.6 Å². The largest absolute Gasteiger partial charge is 0.508 e.